The lowest BCUT2D eigenvalue weighted by atomic mass is 10.0. The van der Waals surface area contributed by atoms with Crippen LogP contribution in [0.25, 0.3) is 0 Å². The van der Waals surface area contributed by atoms with Gasteiger partial charge in [0.1, 0.15) is 6.10 Å². The van der Waals surface area contributed by atoms with Gasteiger partial charge in [0.25, 0.3) is 0 Å². The molecule has 1 unspecified atom stereocenters. The molecule has 0 fully saturated rings. The largest absolute Gasteiger partial charge is 0.454 e. The number of aliphatic imine (C=N–C) groups is 1. The predicted octanol–water partition coefficient (Wildman–Crippen LogP) is 5.92. The Hall–Kier alpha value is -2.62. The molecule has 0 N–H and O–H groups in total. The van der Waals surface area contributed by atoms with E-state index in [1.807, 2.05) is 56.4 Å². The maximum Gasteiger partial charge on any atom is 0.339 e. The standard InChI is InChI=1S/C24H32N2O2/c1-7-9-23(20-12-10-17(3)11-13-20)28-24(27)21-14-19(5)22(15-18(21)4)25-16-26(6)8-2/h10-16,23H,7-9H2,1-6H3. The molecule has 0 bridgehead atoms. The van der Waals surface area contributed by atoms with E-state index in [0.717, 1.165) is 41.8 Å². The summed E-state index contributed by atoms with van der Waals surface area (Å²) < 4.78 is 5.91. The van der Waals surface area contributed by atoms with E-state index in [0.29, 0.717) is 5.56 Å². The first kappa shape index (κ1) is 21.7. The van der Waals surface area contributed by atoms with Crippen LogP contribution in [0.5, 0.6) is 0 Å². The van der Waals surface area contributed by atoms with Crippen LogP contribution >= 0.6 is 0 Å². The summed E-state index contributed by atoms with van der Waals surface area (Å²) in [5, 5.41) is 0. The third kappa shape index (κ3) is 5.69. The minimum Gasteiger partial charge on any atom is -0.454 e. The van der Waals surface area contributed by atoms with Gasteiger partial charge in [0.2, 0.25) is 0 Å². The summed E-state index contributed by atoms with van der Waals surface area (Å²) in [5.41, 5.74) is 5.55. The summed E-state index contributed by atoms with van der Waals surface area (Å²) in [7, 11) is 1.98. The molecule has 0 aliphatic heterocycles. The molecule has 0 aliphatic carbocycles. The second-order valence-electron chi connectivity index (χ2n) is 7.36. The van der Waals surface area contributed by atoms with Gasteiger partial charge in [-0.1, -0.05) is 43.2 Å². The van der Waals surface area contributed by atoms with Gasteiger partial charge in [-0.2, -0.15) is 0 Å². The van der Waals surface area contributed by atoms with Gasteiger partial charge in [-0.25, -0.2) is 9.79 Å². The highest BCUT2D eigenvalue weighted by Gasteiger charge is 2.19. The average Bonchev–Trinajstić information content (AvgIpc) is 2.68. The van der Waals surface area contributed by atoms with Crippen molar-refractivity contribution in [2.45, 2.75) is 53.6 Å². The molecule has 0 radical (unpaired) electrons. The van der Waals surface area contributed by atoms with Crippen LogP contribution in [-0.4, -0.2) is 30.8 Å². The van der Waals surface area contributed by atoms with Gasteiger partial charge in [0.15, 0.2) is 0 Å². The van der Waals surface area contributed by atoms with Crippen LogP contribution in [0.1, 0.15) is 65.4 Å². The first-order chi connectivity index (χ1) is 13.3. The van der Waals surface area contributed by atoms with E-state index in [9.17, 15) is 4.79 Å². The van der Waals surface area contributed by atoms with Crippen molar-refractivity contribution in [1.29, 1.82) is 0 Å². The summed E-state index contributed by atoms with van der Waals surface area (Å²) in [6.45, 7) is 11.0. The molecule has 0 saturated carbocycles. The Kier molecular flexibility index (Phi) is 7.80. The van der Waals surface area contributed by atoms with Crippen molar-refractivity contribution >= 4 is 18.0 Å². The summed E-state index contributed by atoms with van der Waals surface area (Å²) in [6, 6.07) is 12.0. The van der Waals surface area contributed by atoms with Crippen LogP contribution in [0.4, 0.5) is 5.69 Å². The van der Waals surface area contributed by atoms with Crippen LogP contribution in [0, 0.1) is 20.8 Å². The van der Waals surface area contributed by atoms with E-state index in [2.05, 4.69) is 37.9 Å². The lowest BCUT2D eigenvalue weighted by molar-refractivity contribution is 0.0274. The molecule has 2 aromatic rings. The fourth-order valence-corrected chi connectivity index (χ4v) is 2.93. The third-order valence-corrected chi connectivity index (χ3v) is 4.90. The quantitative estimate of drug-likeness (QED) is 0.324. The van der Waals surface area contributed by atoms with Gasteiger partial charge in [-0.3, -0.25) is 0 Å². The second kappa shape index (κ2) is 10.1. The van der Waals surface area contributed by atoms with E-state index in [1.54, 1.807) is 0 Å². The highest BCUT2D eigenvalue weighted by molar-refractivity contribution is 5.92. The SMILES string of the molecule is CCCC(OC(=O)c1cc(C)c(N=CN(C)CC)cc1C)c1ccc(C)cc1. The van der Waals surface area contributed by atoms with Gasteiger partial charge in [-0.05, 0) is 62.9 Å². The average molecular weight is 381 g/mol. The Morgan fingerprint density at radius 1 is 1.11 bits per heavy atom. The second-order valence-corrected chi connectivity index (χ2v) is 7.36. The molecule has 0 aromatic heterocycles. The number of ether oxygens (including phenoxy) is 1. The zero-order valence-corrected chi connectivity index (χ0v) is 18.0. The summed E-state index contributed by atoms with van der Waals surface area (Å²) in [4.78, 5) is 19.4. The normalized spacial score (nSPS) is 12.2. The Balaban J connectivity index is 2.23. The van der Waals surface area contributed by atoms with E-state index >= 15 is 0 Å². The molecule has 0 aliphatic rings. The maximum absolute atomic E-state index is 12.9. The Labute approximate surface area is 169 Å². The lowest BCUT2D eigenvalue weighted by Gasteiger charge is -2.19. The number of carbonyl (C=O) groups is 1. The molecular weight excluding hydrogens is 348 g/mol. The summed E-state index contributed by atoms with van der Waals surface area (Å²) >= 11 is 0. The molecule has 2 aromatic carbocycles. The fraction of sp³-hybridized carbons (Fsp3) is 0.417. The first-order valence-corrected chi connectivity index (χ1v) is 9.98. The van der Waals surface area contributed by atoms with Crippen molar-refractivity contribution in [3.05, 3.63) is 64.2 Å². The fourth-order valence-electron chi connectivity index (χ4n) is 2.93. The van der Waals surface area contributed by atoms with Crippen LogP contribution in [0.2, 0.25) is 0 Å². The molecule has 2 rings (SSSR count). The topological polar surface area (TPSA) is 41.9 Å². The van der Waals surface area contributed by atoms with Crippen LogP contribution < -0.4 is 0 Å². The van der Waals surface area contributed by atoms with E-state index < -0.39 is 0 Å². The zero-order chi connectivity index (χ0) is 20.7. The first-order valence-electron chi connectivity index (χ1n) is 9.98. The summed E-state index contributed by atoms with van der Waals surface area (Å²) in [6.07, 6.45) is 3.34. The molecule has 28 heavy (non-hydrogen) atoms. The molecule has 150 valence electrons. The minimum atomic E-state index is -0.277. The highest BCUT2D eigenvalue weighted by atomic mass is 16.5. The number of hydrogen-bond acceptors (Lipinski definition) is 3. The van der Waals surface area contributed by atoms with Crippen molar-refractivity contribution in [1.82, 2.24) is 4.90 Å². The Morgan fingerprint density at radius 2 is 1.79 bits per heavy atom. The predicted molar refractivity (Wildman–Crippen MR) is 117 cm³/mol. The van der Waals surface area contributed by atoms with E-state index in [-0.39, 0.29) is 12.1 Å². The van der Waals surface area contributed by atoms with Gasteiger partial charge in [0, 0.05) is 13.6 Å². The monoisotopic (exact) mass is 380 g/mol. The van der Waals surface area contributed by atoms with E-state index in [1.165, 1.54) is 5.56 Å². The number of aryl methyl sites for hydroxylation is 3. The third-order valence-electron chi connectivity index (χ3n) is 4.90. The molecule has 0 amide bonds. The molecule has 0 heterocycles. The summed E-state index contributed by atoms with van der Waals surface area (Å²) in [5.74, 6) is -0.277. The smallest absolute Gasteiger partial charge is 0.339 e. The van der Waals surface area contributed by atoms with Crippen LogP contribution in [-0.2, 0) is 4.74 Å². The van der Waals surface area contributed by atoms with Gasteiger partial charge in [-0.15, -0.1) is 0 Å². The molecular formula is C24H32N2O2. The van der Waals surface area contributed by atoms with Gasteiger partial charge in [0.05, 0.1) is 17.6 Å². The number of hydrogen-bond donors (Lipinski definition) is 0. The van der Waals surface area contributed by atoms with Crippen LogP contribution in [0.3, 0.4) is 0 Å². The van der Waals surface area contributed by atoms with Crippen molar-refractivity contribution < 1.29 is 9.53 Å². The van der Waals surface area contributed by atoms with Crippen molar-refractivity contribution in [3.8, 4) is 0 Å². The molecule has 0 spiro atoms. The molecule has 0 saturated heterocycles. The maximum atomic E-state index is 12.9. The van der Waals surface area contributed by atoms with Crippen molar-refractivity contribution in [2.24, 2.45) is 4.99 Å². The Morgan fingerprint density at radius 3 is 2.39 bits per heavy atom. The van der Waals surface area contributed by atoms with E-state index in [4.69, 9.17) is 4.74 Å². The Bertz CT molecular complexity index is 825. The van der Waals surface area contributed by atoms with Crippen molar-refractivity contribution in [2.75, 3.05) is 13.6 Å². The number of carbonyl (C=O) groups excluding carboxylic acids is 1. The number of rotatable bonds is 8. The van der Waals surface area contributed by atoms with Crippen molar-refractivity contribution in [3.63, 3.8) is 0 Å². The molecule has 4 heteroatoms. The lowest BCUT2D eigenvalue weighted by Crippen LogP contribution is -2.14. The zero-order valence-electron chi connectivity index (χ0n) is 18.0. The number of nitrogens with zero attached hydrogens (tertiary/aromatic N) is 2. The number of benzene rings is 2. The minimum absolute atomic E-state index is 0.228. The molecule has 4 nitrogen and oxygen atoms in total. The molecule has 1 atom stereocenters. The van der Waals surface area contributed by atoms with Gasteiger partial charge >= 0.3 is 5.97 Å². The highest BCUT2D eigenvalue weighted by Crippen LogP contribution is 2.28. The van der Waals surface area contributed by atoms with Crippen LogP contribution in [0.15, 0.2) is 41.4 Å². The van der Waals surface area contributed by atoms with Gasteiger partial charge < -0.3 is 9.64 Å². The number of esters is 1.